The molecular formula is C11H10ClN. The molecule has 0 saturated carbocycles. The first kappa shape index (κ1) is 8.52. The van der Waals surface area contributed by atoms with E-state index in [-0.39, 0.29) is 0 Å². The topological polar surface area (TPSA) is 12.9 Å². The molecule has 66 valence electrons. The van der Waals surface area contributed by atoms with Gasteiger partial charge < -0.3 is 0 Å². The molecule has 1 aromatic carbocycles. The van der Waals surface area contributed by atoms with E-state index in [1.165, 1.54) is 16.3 Å². The van der Waals surface area contributed by atoms with Crippen LogP contribution in [-0.4, -0.2) is 4.98 Å². The molecule has 1 nitrogen and oxygen atoms in total. The Labute approximate surface area is 82.4 Å². The van der Waals surface area contributed by atoms with Gasteiger partial charge in [-0.1, -0.05) is 23.8 Å². The lowest BCUT2D eigenvalue weighted by Crippen LogP contribution is -1.85. The van der Waals surface area contributed by atoms with Crippen molar-refractivity contribution in [3.05, 3.63) is 41.7 Å². The quantitative estimate of drug-likeness (QED) is 0.631. The minimum atomic E-state index is 0.476. The van der Waals surface area contributed by atoms with Crippen LogP contribution in [0.15, 0.2) is 30.5 Å². The number of pyridine rings is 1. The summed E-state index contributed by atoms with van der Waals surface area (Å²) in [5, 5.41) is 2.38. The van der Waals surface area contributed by atoms with E-state index in [2.05, 4.69) is 30.1 Å². The molecule has 2 aromatic rings. The van der Waals surface area contributed by atoms with Crippen molar-refractivity contribution in [3.63, 3.8) is 0 Å². The summed E-state index contributed by atoms with van der Waals surface area (Å²) in [5.74, 6) is 0.476. The van der Waals surface area contributed by atoms with E-state index in [1.54, 1.807) is 0 Å². The van der Waals surface area contributed by atoms with Crippen LogP contribution in [0.4, 0.5) is 0 Å². The smallest absolute Gasteiger partial charge is 0.0647 e. The summed E-state index contributed by atoms with van der Waals surface area (Å²) in [6.45, 7) is 2.08. The maximum atomic E-state index is 5.70. The van der Waals surface area contributed by atoms with Crippen LogP contribution in [0, 0.1) is 6.92 Å². The second kappa shape index (κ2) is 3.35. The first-order chi connectivity index (χ1) is 6.29. The molecular weight excluding hydrogens is 182 g/mol. The Bertz CT molecular complexity index is 437. The number of rotatable bonds is 1. The van der Waals surface area contributed by atoms with Gasteiger partial charge in [0.1, 0.15) is 0 Å². The SMILES string of the molecule is Cc1ccc2cnc(CCl)cc2c1. The van der Waals surface area contributed by atoms with Crippen LogP contribution < -0.4 is 0 Å². The molecule has 0 aliphatic rings. The summed E-state index contributed by atoms with van der Waals surface area (Å²) in [7, 11) is 0. The van der Waals surface area contributed by atoms with Crippen LogP contribution in [-0.2, 0) is 5.88 Å². The van der Waals surface area contributed by atoms with Gasteiger partial charge >= 0.3 is 0 Å². The number of aryl methyl sites for hydroxylation is 1. The van der Waals surface area contributed by atoms with Gasteiger partial charge in [-0.2, -0.15) is 0 Å². The van der Waals surface area contributed by atoms with Crippen molar-refractivity contribution >= 4 is 22.4 Å². The van der Waals surface area contributed by atoms with Gasteiger partial charge in [0, 0.05) is 11.6 Å². The van der Waals surface area contributed by atoms with Crippen LogP contribution in [0.1, 0.15) is 11.3 Å². The normalized spacial score (nSPS) is 10.6. The van der Waals surface area contributed by atoms with Crippen LogP contribution in [0.5, 0.6) is 0 Å². The fourth-order valence-electron chi connectivity index (χ4n) is 1.38. The molecule has 0 bridgehead atoms. The molecule has 13 heavy (non-hydrogen) atoms. The largest absolute Gasteiger partial charge is 0.259 e. The molecule has 0 aliphatic carbocycles. The standard InChI is InChI=1S/C11H10ClN/c1-8-2-3-9-7-13-11(6-12)5-10(9)4-8/h2-5,7H,6H2,1H3. The Morgan fingerprint density at radius 2 is 2.08 bits per heavy atom. The average molecular weight is 192 g/mol. The third-order valence-electron chi connectivity index (χ3n) is 2.07. The highest BCUT2D eigenvalue weighted by atomic mass is 35.5. The van der Waals surface area contributed by atoms with E-state index in [0.29, 0.717) is 5.88 Å². The number of hydrogen-bond acceptors (Lipinski definition) is 1. The zero-order valence-corrected chi connectivity index (χ0v) is 8.17. The molecule has 0 unspecified atom stereocenters. The van der Waals surface area contributed by atoms with Crippen molar-refractivity contribution in [2.75, 3.05) is 0 Å². The van der Waals surface area contributed by atoms with Crippen molar-refractivity contribution in [1.29, 1.82) is 0 Å². The number of aromatic nitrogens is 1. The molecule has 2 rings (SSSR count). The van der Waals surface area contributed by atoms with Gasteiger partial charge in [-0.3, -0.25) is 4.98 Å². The highest BCUT2D eigenvalue weighted by Gasteiger charge is 1.96. The van der Waals surface area contributed by atoms with Gasteiger partial charge in [0.25, 0.3) is 0 Å². The molecule has 0 atom stereocenters. The van der Waals surface area contributed by atoms with Crippen LogP contribution in [0.25, 0.3) is 10.8 Å². The molecule has 1 aromatic heterocycles. The summed E-state index contributed by atoms with van der Waals surface area (Å²) >= 11 is 5.70. The molecule has 1 heterocycles. The Morgan fingerprint density at radius 3 is 2.85 bits per heavy atom. The van der Waals surface area contributed by atoms with E-state index in [4.69, 9.17) is 11.6 Å². The van der Waals surface area contributed by atoms with Crippen molar-refractivity contribution in [2.45, 2.75) is 12.8 Å². The van der Waals surface area contributed by atoms with Gasteiger partial charge in [0.05, 0.1) is 11.6 Å². The fourth-order valence-corrected chi connectivity index (χ4v) is 1.53. The summed E-state index contributed by atoms with van der Waals surface area (Å²) in [6.07, 6.45) is 1.87. The summed E-state index contributed by atoms with van der Waals surface area (Å²) in [5.41, 5.74) is 2.19. The molecule has 2 heteroatoms. The minimum absolute atomic E-state index is 0.476. The van der Waals surface area contributed by atoms with Crippen LogP contribution in [0.3, 0.4) is 0 Å². The molecule has 0 fully saturated rings. The zero-order chi connectivity index (χ0) is 9.26. The van der Waals surface area contributed by atoms with E-state index >= 15 is 0 Å². The summed E-state index contributed by atoms with van der Waals surface area (Å²) in [6, 6.07) is 8.35. The highest BCUT2D eigenvalue weighted by molar-refractivity contribution is 6.17. The number of nitrogens with zero attached hydrogens (tertiary/aromatic N) is 1. The average Bonchev–Trinajstić information content (AvgIpc) is 2.16. The van der Waals surface area contributed by atoms with Gasteiger partial charge in [0.2, 0.25) is 0 Å². The molecule has 0 saturated heterocycles. The lowest BCUT2D eigenvalue weighted by Gasteiger charge is -2.00. The zero-order valence-electron chi connectivity index (χ0n) is 7.42. The molecule has 0 N–H and O–H groups in total. The van der Waals surface area contributed by atoms with E-state index in [0.717, 1.165) is 5.69 Å². The molecule has 0 aliphatic heterocycles. The number of benzene rings is 1. The predicted octanol–water partition coefficient (Wildman–Crippen LogP) is 3.28. The predicted molar refractivity (Wildman–Crippen MR) is 56.0 cm³/mol. The van der Waals surface area contributed by atoms with Crippen molar-refractivity contribution in [2.24, 2.45) is 0 Å². The summed E-state index contributed by atoms with van der Waals surface area (Å²) < 4.78 is 0. The second-order valence-electron chi connectivity index (χ2n) is 3.16. The maximum absolute atomic E-state index is 5.70. The minimum Gasteiger partial charge on any atom is -0.259 e. The fraction of sp³-hybridized carbons (Fsp3) is 0.182. The first-order valence-electron chi connectivity index (χ1n) is 4.21. The third-order valence-corrected chi connectivity index (χ3v) is 2.34. The lowest BCUT2D eigenvalue weighted by atomic mass is 10.1. The Hall–Kier alpha value is -1.08. The Morgan fingerprint density at radius 1 is 1.23 bits per heavy atom. The monoisotopic (exact) mass is 191 g/mol. The lowest BCUT2D eigenvalue weighted by molar-refractivity contribution is 1.19. The van der Waals surface area contributed by atoms with E-state index in [1.807, 2.05) is 12.3 Å². The third kappa shape index (κ3) is 1.65. The van der Waals surface area contributed by atoms with Gasteiger partial charge in [-0.15, -0.1) is 11.6 Å². The highest BCUT2D eigenvalue weighted by Crippen LogP contribution is 2.16. The second-order valence-corrected chi connectivity index (χ2v) is 3.43. The van der Waals surface area contributed by atoms with Crippen LogP contribution in [0.2, 0.25) is 0 Å². The number of alkyl halides is 1. The van der Waals surface area contributed by atoms with E-state index < -0.39 is 0 Å². The maximum Gasteiger partial charge on any atom is 0.0647 e. The van der Waals surface area contributed by atoms with E-state index in [9.17, 15) is 0 Å². The molecule has 0 radical (unpaired) electrons. The molecule has 0 spiro atoms. The Kier molecular flexibility index (Phi) is 2.19. The number of fused-ring (bicyclic) bond motifs is 1. The van der Waals surface area contributed by atoms with Crippen molar-refractivity contribution in [3.8, 4) is 0 Å². The van der Waals surface area contributed by atoms with Gasteiger partial charge in [-0.25, -0.2) is 0 Å². The van der Waals surface area contributed by atoms with Crippen molar-refractivity contribution in [1.82, 2.24) is 4.98 Å². The number of hydrogen-bond donors (Lipinski definition) is 0. The number of halogens is 1. The van der Waals surface area contributed by atoms with Gasteiger partial charge in [0.15, 0.2) is 0 Å². The van der Waals surface area contributed by atoms with Crippen LogP contribution >= 0.6 is 11.6 Å². The first-order valence-corrected chi connectivity index (χ1v) is 4.74. The summed E-state index contributed by atoms with van der Waals surface area (Å²) in [4.78, 5) is 4.22. The molecule has 0 amide bonds. The van der Waals surface area contributed by atoms with Gasteiger partial charge in [-0.05, 0) is 18.4 Å². The van der Waals surface area contributed by atoms with Crippen molar-refractivity contribution < 1.29 is 0 Å². The Balaban J connectivity index is 2.68.